The molecule has 2 heteroatoms. The van der Waals surface area contributed by atoms with Crippen LogP contribution < -0.4 is 0 Å². The zero-order valence-corrected chi connectivity index (χ0v) is 8.49. The molecule has 1 heterocycles. The highest BCUT2D eigenvalue weighted by atomic mass is 16.1. The van der Waals surface area contributed by atoms with Crippen molar-refractivity contribution in [3.05, 3.63) is 29.6 Å². The van der Waals surface area contributed by atoms with E-state index in [4.69, 9.17) is 0 Å². The van der Waals surface area contributed by atoms with Gasteiger partial charge in [-0.2, -0.15) is 0 Å². The molecule has 14 heavy (non-hydrogen) atoms. The van der Waals surface area contributed by atoms with Crippen LogP contribution in [0.25, 0.3) is 0 Å². The minimum atomic E-state index is 0.240. The van der Waals surface area contributed by atoms with Gasteiger partial charge in [0.05, 0.1) is 0 Å². The van der Waals surface area contributed by atoms with E-state index in [1.165, 1.54) is 12.8 Å². The highest BCUT2D eigenvalue weighted by molar-refractivity contribution is 5.96. The molecule has 1 aromatic rings. The van der Waals surface area contributed by atoms with Crippen molar-refractivity contribution < 1.29 is 4.79 Å². The van der Waals surface area contributed by atoms with E-state index in [1.807, 2.05) is 19.1 Å². The van der Waals surface area contributed by atoms with Gasteiger partial charge in [-0.15, -0.1) is 0 Å². The van der Waals surface area contributed by atoms with Crippen LogP contribution in [0.5, 0.6) is 0 Å². The lowest BCUT2D eigenvalue weighted by atomic mass is 9.99. The summed E-state index contributed by atoms with van der Waals surface area (Å²) < 4.78 is 0. The molecule has 0 atom stereocenters. The Labute approximate surface area is 84.4 Å². The molecule has 0 saturated heterocycles. The predicted molar refractivity (Wildman–Crippen MR) is 55.3 cm³/mol. The molecule has 1 saturated carbocycles. The summed E-state index contributed by atoms with van der Waals surface area (Å²) in [6.45, 7) is 1.99. The van der Waals surface area contributed by atoms with Gasteiger partial charge in [-0.1, -0.05) is 12.8 Å². The summed E-state index contributed by atoms with van der Waals surface area (Å²) in [4.78, 5) is 16.1. The molecule has 1 fully saturated rings. The van der Waals surface area contributed by atoms with E-state index in [2.05, 4.69) is 4.98 Å². The zero-order valence-electron chi connectivity index (χ0n) is 8.49. The third-order valence-electron chi connectivity index (χ3n) is 2.89. The standard InChI is InChI=1S/C12H15NO/c1-9-6-7-13-11(8-9)12(14)10-4-2-3-5-10/h6-8,10H,2-5H2,1H3. The van der Waals surface area contributed by atoms with Gasteiger partial charge in [0.1, 0.15) is 5.69 Å². The predicted octanol–water partition coefficient (Wildman–Crippen LogP) is 2.76. The number of aromatic nitrogens is 1. The molecule has 0 amide bonds. The normalized spacial score (nSPS) is 17.2. The number of nitrogens with zero attached hydrogens (tertiary/aromatic N) is 1. The molecule has 2 nitrogen and oxygen atoms in total. The molecular formula is C12H15NO. The van der Waals surface area contributed by atoms with Crippen molar-refractivity contribution in [1.82, 2.24) is 4.98 Å². The topological polar surface area (TPSA) is 30.0 Å². The summed E-state index contributed by atoms with van der Waals surface area (Å²) in [6.07, 6.45) is 6.21. The van der Waals surface area contributed by atoms with Crippen molar-refractivity contribution in [2.24, 2.45) is 5.92 Å². The van der Waals surface area contributed by atoms with Crippen molar-refractivity contribution in [3.63, 3.8) is 0 Å². The molecule has 74 valence electrons. The molecule has 0 spiro atoms. The van der Waals surface area contributed by atoms with Gasteiger partial charge < -0.3 is 0 Å². The summed E-state index contributed by atoms with van der Waals surface area (Å²) in [5.41, 5.74) is 1.76. The Bertz CT molecular complexity index is 340. The molecule has 0 radical (unpaired) electrons. The average Bonchev–Trinajstić information content (AvgIpc) is 2.69. The number of ketones is 1. The number of hydrogen-bond acceptors (Lipinski definition) is 2. The number of rotatable bonds is 2. The van der Waals surface area contributed by atoms with Gasteiger partial charge in [-0.25, -0.2) is 0 Å². The van der Waals surface area contributed by atoms with E-state index < -0.39 is 0 Å². The lowest BCUT2D eigenvalue weighted by molar-refractivity contribution is 0.0917. The van der Waals surface area contributed by atoms with Gasteiger partial charge >= 0.3 is 0 Å². The number of pyridine rings is 1. The first-order chi connectivity index (χ1) is 6.77. The Morgan fingerprint density at radius 3 is 2.79 bits per heavy atom. The number of carbonyl (C=O) groups excluding carboxylic acids is 1. The maximum absolute atomic E-state index is 11.9. The van der Waals surface area contributed by atoms with E-state index >= 15 is 0 Å². The van der Waals surface area contributed by atoms with E-state index in [-0.39, 0.29) is 11.7 Å². The van der Waals surface area contributed by atoms with Gasteiger partial charge in [0, 0.05) is 12.1 Å². The minimum absolute atomic E-state index is 0.240. The Kier molecular flexibility index (Phi) is 2.62. The van der Waals surface area contributed by atoms with Gasteiger partial charge in [0.15, 0.2) is 5.78 Å². The Morgan fingerprint density at radius 2 is 2.14 bits per heavy atom. The van der Waals surface area contributed by atoms with Crippen molar-refractivity contribution >= 4 is 5.78 Å². The molecule has 1 aliphatic carbocycles. The molecule has 1 aromatic heterocycles. The smallest absolute Gasteiger partial charge is 0.184 e. The van der Waals surface area contributed by atoms with Gasteiger partial charge in [0.2, 0.25) is 0 Å². The van der Waals surface area contributed by atoms with Crippen LogP contribution in [-0.4, -0.2) is 10.8 Å². The highest BCUT2D eigenvalue weighted by Gasteiger charge is 2.24. The Balaban J connectivity index is 2.17. The van der Waals surface area contributed by atoms with Crippen molar-refractivity contribution in [3.8, 4) is 0 Å². The first kappa shape index (κ1) is 9.38. The Hall–Kier alpha value is -1.18. The Morgan fingerprint density at radius 1 is 1.43 bits per heavy atom. The van der Waals surface area contributed by atoms with Crippen LogP contribution in [0, 0.1) is 12.8 Å². The van der Waals surface area contributed by atoms with E-state index in [9.17, 15) is 4.79 Å². The molecule has 0 N–H and O–H groups in total. The average molecular weight is 189 g/mol. The van der Waals surface area contributed by atoms with Crippen LogP contribution >= 0.6 is 0 Å². The first-order valence-corrected chi connectivity index (χ1v) is 5.24. The maximum atomic E-state index is 11.9. The number of Topliss-reactive ketones (excluding diaryl/α,β-unsaturated/α-hetero) is 1. The zero-order chi connectivity index (χ0) is 9.97. The first-order valence-electron chi connectivity index (χ1n) is 5.24. The number of carbonyl (C=O) groups is 1. The fourth-order valence-corrected chi connectivity index (χ4v) is 2.07. The molecular weight excluding hydrogens is 174 g/mol. The number of hydrogen-bond donors (Lipinski definition) is 0. The minimum Gasteiger partial charge on any atom is -0.292 e. The fraction of sp³-hybridized carbons (Fsp3) is 0.500. The molecule has 0 aliphatic heterocycles. The summed E-state index contributed by atoms with van der Waals surface area (Å²) in [5, 5.41) is 0. The van der Waals surface area contributed by atoms with Crippen LogP contribution in [0.3, 0.4) is 0 Å². The summed E-state index contributed by atoms with van der Waals surface area (Å²) >= 11 is 0. The van der Waals surface area contributed by atoms with Gasteiger partial charge in [0.25, 0.3) is 0 Å². The van der Waals surface area contributed by atoms with Crippen LogP contribution in [0.15, 0.2) is 18.3 Å². The quantitative estimate of drug-likeness (QED) is 0.669. The van der Waals surface area contributed by atoms with Gasteiger partial charge in [-0.3, -0.25) is 9.78 Å². The maximum Gasteiger partial charge on any atom is 0.184 e. The third kappa shape index (κ3) is 1.84. The van der Waals surface area contributed by atoms with Crippen molar-refractivity contribution in [2.45, 2.75) is 32.6 Å². The monoisotopic (exact) mass is 189 g/mol. The SMILES string of the molecule is Cc1ccnc(C(=O)C2CCCC2)c1. The van der Waals surface area contributed by atoms with Crippen LogP contribution in [0.4, 0.5) is 0 Å². The van der Waals surface area contributed by atoms with Crippen LogP contribution in [0.2, 0.25) is 0 Å². The third-order valence-corrected chi connectivity index (χ3v) is 2.89. The molecule has 1 aliphatic rings. The second-order valence-corrected chi connectivity index (χ2v) is 4.06. The molecule has 0 unspecified atom stereocenters. The van der Waals surface area contributed by atoms with Crippen molar-refractivity contribution in [2.75, 3.05) is 0 Å². The van der Waals surface area contributed by atoms with Gasteiger partial charge in [-0.05, 0) is 37.5 Å². The van der Waals surface area contributed by atoms with E-state index in [1.54, 1.807) is 6.20 Å². The van der Waals surface area contributed by atoms with E-state index in [0.29, 0.717) is 5.69 Å². The molecule has 2 rings (SSSR count). The largest absolute Gasteiger partial charge is 0.292 e. The van der Waals surface area contributed by atoms with Crippen molar-refractivity contribution in [1.29, 1.82) is 0 Å². The second kappa shape index (κ2) is 3.91. The summed E-state index contributed by atoms with van der Waals surface area (Å²) in [7, 11) is 0. The molecule has 0 aromatic carbocycles. The summed E-state index contributed by atoms with van der Waals surface area (Å²) in [6, 6.07) is 3.81. The second-order valence-electron chi connectivity index (χ2n) is 4.06. The fourth-order valence-electron chi connectivity index (χ4n) is 2.07. The molecule has 0 bridgehead atoms. The van der Waals surface area contributed by atoms with Crippen LogP contribution in [-0.2, 0) is 0 Å². The number of aryl methyl sites for hydroxylation is 1. The summed E-state index contributed by atoms with van der Waals surface area (Å²) in [5.74, 6) is 0.482. The lowest BCUT2D eigenvalue weighted by Gasteiger charge is -2.06. The van der Waals surface area contributed by atoms with E-state index in [0.717, 1.165) is 18.4 Å². The highest BCUT2D eigenvalue weighted by Crippen LogP contribution is 2.27. The lowest BCUT2D eigenvalue weighted by Crippen LogP contribution is -2.12. The van der Waals surface area contributed by atoms with Crippen LogP contribution in [0.1, 0.15) is 41.7 Å².